The van der Waals surface area contributed by atoms with Crippen LogP contribution in [0.15, 0.2) is 0 Å². The summed E-state index contributed by atoms with van der Waals surface area (Å²) in [4.78, 5) is 2.47. The largest absolute Gasteiger partial charge is 0.329 e. The Morgan fingerprint density at radius 3 is 1.94 bits per heavy atom. The first-order valence-electron chi connectivity index (χ1n) is 6.67. The fourth-order valence-corrected chi connectivity index (χ4v) is 1.96. The van der Waals surface area contributed by atoms with Crippen molar-refractivity contribution in [3.05, 3.63) is 0 Å². The van der Waals surface area contributed by atoms with Crippen molar-refractivity contribution in [3.63, 3.8) is 0 Å². The summed E-state index contributed by atoms with van der Waals surface area (Å²) in [6.07, 6.45) is 2.44. The van der Waals surface area contributed by atoms with Gasteiger partial charge in [0.2, 0.25) is 0 Å². The molecule has 2 N–H and O–H groups in total. The van der Waals surface area contributed by atoms with E-state index < -0.39 is 0 Å². The lowest BCUT2D eigenvalue weighted by Gasteiger charge is -2.43. The van der Waals surface area contributed by atoms with Crippen LogP contribution in [0.1, 0.15) is 54.4 Å². The third-order valence-corrected chi connectivity index (χ3v) is 4.13. The molecule has 0 saturated heterocycles. The fourth-order valence-electron chi connectivity index (χ4n) is 1.96. The molecule has 0 aliphatic carbocycles. The second kappa shape index (κ2) is 6.61. The summed E-state index contributed by atoms with van der Waals surface area (Å²) in [6.45, 7) is 14.5. The molecule has 0 amide bonds. The van der Waals surface area contributed by atoms with Gasteiger partial charge in [0.15, 0.2) is 0 Å². The van der Waals surface area contributed by atoms with Gasteiger partial charge in [0.25, 0.3) is 0 Å². The van der Waals surface area contributed by atoms with E-state index in [1.165, 1.54) is 12.8 Å². The first-order chi connectivity index (χ1) is 7.24. The van der Waals surface area contributed by atoms with Crippen molar-refractivity contribution in [2.45, 2.75) is 66.0 Å². The summed E-state index contributed by atoms with van der Waals surface area (Å²) < 4.78 is 0. The quantitative estimate of drug-likeness (QED) is 0.725. The van der Waals surface area contributed by atoms with E-state index >= 15 is 0 Å². The molecule has 0 aliphatic heterocycles. The predicted molar refractivity (Wildman–Crippen MR) is 73.6 cm³/mol. The maximum Gasteiger partial charge on any atom is 0.0303 e. The minimum Gasteiger partial charge on any atom is -0.329 e. The van der Waals surface area contributed by atoms with Gasteiger partial charge in [0.05, 0.1) is 0 Å². The second-order valence-electron chi connectivity index (χ2n) is 6.23. The van der Waals surface area contributed by atoms with Crippen LogP contribution in [0.2, 0.25) is 0 Å². The second-order valence-corrected chi connectivity index (χ2v) is 6.23. The predicted octanol–water partition coefficient (Wildman–Crippen LogP) is 3.12. The van der Waals surface area contributed by atoms with Crippen molar-refractivity contribution in [2.75, 3.05) is 13.6 Å². The standard InChI is InChI=1S/C14H32N2/c1-11(2)8-9-14(6,10-15)16(7)13(5)12(3)4/h11-13H,8-10,15H2,1-7H3. The molecule has 0 fully saturated rings. The van der Waals surface area contributed by atoms with Crippen LogP contribution in [0.4, 0.5) is 0 Å². The van der Waals surface area contributed by atoms with Gasteiger partial charge in [-0.25, -0.2) is 0 Å². The van der Waals surface area contributed by atoms with Crippen molar-refractivity contribution in [1.82, 2.24) is 4.90 Å². The van der Waals surface area contributed by atoms with Gasteiger partial charge in [-0.15, -0.1) is 0 Å². The van der Waals surface area contributed by atoms with Gasteiger partial charge < -0.3 is 5.73 Å². The smallest absolute Gasteiger partial charge is 0.0303 e. The van der Waals surface area contributed by atoms with Gasteiger partial charge in [0.1, 0.15) is 0 Å². The number of nitrogens with two attached hydrogens (primary N) is 1. The highest BCUT2D eigenvalue weighted by Gasteiger charge is 2.31. The van der Waals surface area contributed by atoms with Gasteiger partial charge in [0, 0.05) is 18.1 Å². The third kappa shape index (κ3) is 4.42. The highest BCUT2D eigenvalue weighted by molar-refractivity contribution is 4.89. The van der Waals surface area contributed by atoms with E-state index in [2.05, 4.69) is 53.5 Å². The van der Waals surface area contributed by atoms with Crippen LogP contribution >= 0.6 is 0 Å². The Hall–Kier alpha value is -0.0800. The van der Waals surface area contributed by atoms with Crippen molar-refractivity contribution in [1.29, 1.82) is 0 Å². The summed E-state index contributed by atoms with van der Waals surface area (Å²) in [5.74, 6) is 1.43. The molecule has 2 nitrogen and oxygen atoms in total. The molecule has 2 atom stereocenters. The molecule has 0 rings (SSSR count). The van der Waals surface area contributed by atoms with Gasteiger partial charge in [-0.1, -0.05) is 27.7 Å². The molecule has 2 heteroatoms. The Labute approximate surface area is 103 Å². The summed E-state index contributed by atoms with van der Waals surface area (Å²) in [5, 5.41) is 0. The van der Waals surface area contributed by atoms with Gasteiger partial charge in [-0.2, -0.15) is 0 Å². The zero-order chi connectivity index (χ0) is 12.9. The van der Waals surface area contributed by atoms with Gasteiger partial charge in [-0.05, 0) is 45.6 Å². The Kier molecular flexibility index (Phi) is 6.57. The molecular formula is C14H32N2. The Balaban J connectivity index is 4.54. The number of likely N-dealkylation sites (N-methyl/N-ethyl adjacent to an activating group) is 1. The molecular weight excluding hydrogens is 196 g/mol. The molecule has 0 aromatic rings. The number of nitrogens with zero attached hydrogens (tertiary/aromatic N) is 1. The average Bonchev–Trinajstić information content (AvgIpc) is 2.23. The molecule has 16 heavy (non-hydrogen) atoms. The summed E-state index contributed by atoms with van der Waals surface area (Å²) in [5.41, 5.74) is 6.14. The normalized spacial score (nSPS) is 18.2. The van der Waals surface area contributed by atoms with E-state index in [1.54, 1.807) is 0 Å². The lowest BCUT2D eigenvalue weighted by molar-refractivity contribution is 0.0653. The lowest BCUT2D eigenvalue weighted by Crippen LogP contribution is -2.54. The number of hydrogen-bond acceptors (Lipinski definition) is 2. The van der Waals surface area contributed by atoms with Crippen LogP contribution < -0.4 is 5.73 Å². The van der Waals surface area contributed by atoms with E-state index in [4.69, 9.17) is 5.73 Å². The van der Waals surface area contributed by atoms with Crippen molar-refractivity contribution < 1.29 is 0 Å². The van der Waals surface area contributed by atoms with Crippen LogP contribution in [0.5, 0.6) is 0 Å². The Morgan fingerprint density at radius 1 is 1.12 bits per heavy atom. The first-order valence-corrected chi connectivity index (χ1v) is 6.67. The highest BCUT2D eigenvalue weighted by atomic mass is 15.2. The topological polar surface area (TPSA) is 29.3 Å². The van der Waals surface area contributed by atoms with Crippen LogP contribution in [0.25, 0.3) is 0 Å². The van der Waals surface area contributed by atoms with Crippen molar-refractivity contribution in [2.24, 2.45) is 17.6 Å². The molecule has 98 valence electrons. The van der Waals surface area contributed by atoms with E-state index in [1.807, 2.05) is 0 Å². The van der Waals surface area contributed by atoms with Gasteiger partial charge in [-0.3, -0.25) is 4.90 Å². The zero-order valence-corrected chi connectivity index (χ0v) is 12.4. The minimum absolute atomic E-state index is 0.147. The molecule has 0 radical (unpaired) electrons. The molecule has 0 saturated carbocycles. The molecule has 0 aliphatic rings. The average molecular weight is 228 g/mol. The first kappa shape index (κ1) is 15.9. The van der Waals surface area contributed by atoms with Crippen LogP contribution in [0, 0.1) is 11.8 Å². The summed E-state index contributed by atoms with van der Waals surface area (Å²) >= 11 is 0. The van der Waals surface area contributed by atoms with E-state index in [9.17, 15) is 0 Å². The maximum atomic E-state index is 5.99. The van der Waals surface area contributed by atoms with E-state index in [0.29, 0.717) is 12.0 Å². The zero-order valence-electron chi connectivity index (χ0n) is 12.4. The summed E-state index contributed by atoms with van der Waals surface area (Å²) in [7, 11) is 2.22. The highest BCUT2D eigenvalue weighted by Crippen LogP contribution is 2.25. The fraction of sp³-hybridized carbons (Fsp3) is 1.00. The lowest BCUT2D eigenvalue weighted by atomic mass is 9.88. The number of hydrogen-bond donors (Lipinski definition) is 1. The maximum absolute atomic E-state index is 5.99. The molecule has 0 spiro atoms. The van der Waals surface area contributed by atoms with Gasteiger partial charge >= 0.3 is 0 Å². The number of rotatable bonds is 7. The molecule has 2 unspecified atom stereocenters. The van der Waals surface area contributed by atoms with Crippen LogP contribution in [0.3, 0.4) is 0 Å². The summed E-state index contributed by atoms with van der Waals surface area (Å²) in [6, 6.07) is 0.584. The molecule has 0 aromatic carbocycles. The monoisotopic (exact) mass is 228 g/mol. The van der Waals surface area contributed by atoms with Crippen LogP contribution in [-0.4, -0.2) is 30.1 Å². The molecule has 0 aromatic heterocycles. The molecule has 0 bridgehead atoms. The van der Waals surface area contributed by atoms with Crippen molar-refractivity contribution >= 4 is 0 Å². The minimum atomic E-state index is 0.147. The SMILES string of the molecule is CC(C)CCC(C)(CN)N(C)C(C)C(C)C. The Bertz CT molecular complexity index is 189. The van der Waals surface area contributed by atoms with Crippen molar-refractivity contribution in [3.8, 4) is 0 Å². The Morgan fingerprint density at radius 2 is 1.62 bits per heavy atom. The van der Waals surface area contributed by atoms with E-state index in [0.717, 1.165) is 12.5 Å². The third-order valence-electron chi connectivity index (χ3n) is 4.13. The van der Waals surface area contributed by atoms with Crippen LogP contribution in [-0.2, 0) is 0 Å². The van der Waals surface area contributed by atoms with E-state index in [-0.39, 0.29) is 5.54 Å². The molecule has 0 heterocycles.